The van der Waals surface area contributed by atoms with Crippen molar-refractivity contribution in [1.29, 1.82) is 5.26 Å². The lowest BCUT2D eigenvalue weighted by atomic mass is 10.1. The number of pyridine rings is 1. The van der Waals surface area contributed by atoms with E-state index in [9.17, 15) is 23.5 Å². The van der Waals surface area contributed by atoms with E-state index in [0.29, 0.717) is 4.88 Å². The number of benzene rings is 1. The molecule has 2 N–H and O–H groups in total. The van der Waals surface area contributed by atoms with Crippen molar-refractivity contribution in [2.45, 2.75) is 24.2 Å². The molecule has 1 unspecified atom stereocenters. The second-order valence-electron chi connectivity index (χ2n) is 6.53. The SMILES string of the molecule is Cc1ccc(NCC(O)CSc2nc(-c3cccs3)cc(C(F)(F)F)c2C#N)cc1. The summed E-state index contributed by atoms with van der Waals surface area (Å²) in [6.07, 6.45) is -5.52. The summed E-state index contributed by atoms with van der Waals surface area (Å²) in [6, 6.07) is 13.6. The molecule has 0 aliphatic heterocycles. The van der Waals surface area contributed by atoms with Crippen LogP contribution in [0, 0.1) is 18.3 Å². The normalized spacial score (nSPS) is 12.4. The first-order valence-electron chi connectivity index (χ1n) is 8.95. The van der Waals surface area contributed by atoms with Crippen LogP contribution in [0.3, 0.4) is 0 Å². The number of aliphatic hydroxyl groups is 1. The molecule has 0 bridgehead atoms. The van der Waals surface area contributed by atoms with Crippen LogP contribution in [0.2, 0.25) is 0 Å². The number of aryl methyl sites for hydroxylation is 1. The van der Waals surface area contributed by atoms with E-state index in [4.69, 9.17) is 0 Å². The van der Waals surface area contributed by atoms with Crippen LogP contribution in [-0.2, 0) is 6.18 Å². The minimum atomic E-state index is -4.68. The molecule has 3 aromatic rings. The molecule has 156 valence electrons. The van der Waals surface area contributed by atoms with E-state index in [1.54, 1.807) is 23.6 Å². The van der Waals surface area contributed by atoms with Crippen molar-refractivity contribution in [3.8, 4) is 16.6 Å². The van der Waals surface area contributed by atoms with E-state index in [2.05, 4.69) is 10.3 Å². The Balaban J connectivity index is 1.77. The van der Waals surface area contributed by atoms with Crippen LogP contribution in [0.1, 0.15) is 16.7 Å². The van der Waals surface area contributed by atoms with Gasteiger partial charge < -0.3 is 10.4 Å². The molecule has 0 fully saturated rings. The molecule has 0 radical (unpaired) electrons. The third-order valence-electron chi connectivity index (χ3n) is 4.18. The molecule has 0 aliphatic rings. The van der Waals surface area contributed by atoms with Crippen molar-refractivity contribution in [1.82, 2.24) is 4.98 Å². The Morgan fingerprint density at radius 3 is 2.60 bits per heavy atom. The van der Waals surface area contributed by atoms with Crippen molar-refractivity contribution in [2.75, 3.05) is 17.6 Å². The van der Waals surface area contributed by atoms with Gasteiger partial charge in [-0.05, 0) is 36.6 Å². The summed E-state index contributed by atoms with van der Waals surface area (Å²) in [4.78, 5) is 4.86. The zero-order chi connectivity index (χ0) is 21.7. The van der Waals surface area contributed by atoms with Crippen molar-refractivity contribution in [2.24, 2.45) is 0 Å². The quantitative estimate of drug-likeness (QED) is 0.461. The summed E-state index contributed by atoms with van der Waals surface area (Å²) in [5, 5.41) is 24.4. The number of aliphatic hydroxyl groups excluding tert-OH is 1. The van der Waals surface area contributed by atoms with Gasteiger partial charge >= 0.3 is 6.18 Å². The molecule has 0 saturated carbocycles. The first kappa shape index (κ1) is 22.2. The van der Waals surface area contributed by atoms with Crippen LogP contribution >= 0.6 is 23.1 Å². The average Bonchev–Trinajstić information content (AvgIpc) is 3.25. The predicted octanol–water partition coefficient (Wildman–Crippen LogP) is 5.57. The summed E-state index contributed by atoms with van der Waals surface area (Å²) in [5.41, 5.74) is 0.563. The molecule has 2 heterocycles. The lowest BCUT2D eigenvalue weighted by Crippen LogP contribution is -2.22. The van der Waals surface area contributed by atoms with Gasteiger partial charge in [0.05, 0.1) is 27.8 Å². The van der Waals surface area contributed by atoms with Crippen LogP contribution in [0.4, 0.5) is 18.9 Å². The molecule has 2 aromatic heterocycles. The number of nitrogens with one attached hydrogen (secondary N) is 1. The van der Waals surface area contributed by atoms with Gasteiger partial charge in [0.25, 0.3) is 0 Å². The molecule has 0 amide bonds. The van der Waals surface area contributed by atoms with Gasteiger partial charge in [-0.1, -0.05) is 23.8 Å². The van der Waals surface area contributed by atoms with Crippen molar-refractivity contribution in [3.63, 3.8) is 0 Å². The van der Waals surface area contributed by atoms with E-state index in [-0.39, 0.29) is 23.0 Å². The number of aromatic nitrogens is 1. The highest BCUT2D eigenvalue weighted by Gasteiger charge is 2.36. The van der Waals surface area contributed by atoms with Crippen LogP contribution in [0.5, 0.6) is 0 Å². The van der Waals surface area contributed by atoms with Crippen LogP contribution < -0.4 is 5.32 Å². The molecular formula is C21H18F3N3OS2. The molecule has 9 heteroatoms. The van der Waals surface area contributed by atoms with Gasteiger partial charge in [-0.3, -0.25) is 0 Å². The number of nitrogens with zero attached hydrogens (tertiary/aromatic N) is 2. The van der Waals surface area contributed by atoms with Gasteiger partial charge in [-0.25, -0.2) is 4.98 Å². The predicted molar refractivity (Wildman–Crippen MR) is 114 cm³/mol. The van der Waals surface area contributed by atoms with Gasteiger partial charge in [0, 0.05) is 18.0 Å². The van der Waals surface area contributed by atoms with Crippen molar-refractivity contribution in [3.05, 3.63) is 64.5 Å². The number of nitriles is 1. The minimum Gasteiger partial charge on any atom is -0.390 e. The standard InChI is InChI=1S/C21H18F3N3OS2/c1-13-4-6-14(7-5-13)26-11-15(28)12-30-20-16(10-25)17(21(22,23)24)9-18(27-20)19-3-2-8-29-19/h2-9,15,26,28H,11-12H2,1H3. The van der Waals surface area contributed by atoms with Crippen molar-refractivity contribution >= 4 is 28.8 Å². The molecule has 1 aromatic carbocycles. The largest absolute Gasteiger partial charge is 0.417 e. The summed E-state index contributed by atoms with van der Waals surface area (Å²) < 4.78 is 40.6. The minimum absolute atomic E-state index is 0.0369. The van der Waals surface area contributed by atoms with E-state index in [1.165, 1.54) is 11.3 Å². The topological polar surface area (TPSA) is 68.9 Å². The lowest BCUT2D eigenvalue weighted by Gasteiger charge is -2.16. The van der Waals surface area contributed by atoms with Crippen LogP contribution in [0.15, 0.2) is 52.9 Å². The molecule has 1 atom stereocenters. The third-order valence-corrected chi connectivity index (χ3v) is 6.20. The Kier molecular flexibility index (Phi) is 7.02. The van der Waals surface area contributed by atoms with Crippen molar-refractivity contribution < 1.29 is 18.3 Å². The van der Waals surface area contributed by atoms with Crippen LogP contribution in [-0.4, -0.2) is 28.5 Å². The summed E-state index contributed by atoms with van der Waals surface area (Å²) in [5.74, 6) is 0.0890. The maximum Gasteiger partial charge on any atom is 0.417 e. The van der Waals surface area contributed by atoms with Gasteiger partial charge in [-0.15, -0.1) is 23.1 Å². The fourth-order valence-electron chi connectivity index (χ4n) is 2.65. The number of hydrogen-bond donors (Lipinski definition) is 2. The number of halogens is 3. The van der Waals surface area contributed by atoms with E-state index in [0.717, 1.165) is 29.1 Å². The van der Waals surface area contributed by atoms with E-state index in [1.807, 2.05) is 31.2 Å². The van der Waals surface area contributed by atoms with E-state index < -0.39 is 23.4 Å². The fraction of sp³-hybridized carbons (Fsp3) is 0.238. The second-order valence-corrected chi connectivity index (χ2v) is 8.49. The average molecular weight is 450 g/mol. The fourth-order valence-corrected chi connectivity index (χ4v) is 4.27. The van der Waals surface area contributed by atoms with Gasteiger partial charge in [-0.2, -0.15) is 18.4 Å². The summed E-state index contributed by atoms with van der Waals surface area (Å²) in [7, 11) is 0. The summed E-state index contributed by atoms with van der Waals surface area (Å²) >= 11 is 2.21. The Morgan fingerprint density at radius 1 is 1.27 bits per heavy atom. The number of alkyl halides is 3. The van der Waals surface area contributed by atoms with E-state index >= 15 is 0 Å². The third kappa shape index (κ3) is 5.53. The summed E-state index contributed by atoms with van der Waals surface area (Å²) in [6.45, 7) is 2.18. The highest BCUT2D eigenvalue weighted by atomic mass is 32.2. The molecule has 4 nitrogen and oxygen atoms in total. The Hall–Kier alpha value is -2.54. The smallest absolute Gasteiger partial charge is 0.390 e. The van der Waals surface area contributed by atoms with Crippen LogP contribution in [0.25, 0.3) is 10.6 Å². The molecule has 0 aliphatic carbocycles. The number of thiophene rings is 1. The highest BCUT2D eigenvalue weighted by molar-refractivity contribution is 7.99. The second kappa shape index (κ2) is 9.51. The number of thioether (sulfide) groups is 1. The Labute approximate surface area is 180 Å². The molecule has 3 rings (SSSR count). The molecular weight excluding hydrogens is 431 g/mol. The van der Waals surface area contributed by atoms with Gasteiger partial charge in [0.2, 0.25) is 0 Å². The molecule has 0 spiro atoms. The van der Waals surface area contributed by atoms with Gasteiger partial charge in [0.1, 0.15) is 11.1 Å². The monoisotopic (exact) mass is 449 g/mol. The maximum absolute atomic E-state index is 13.5. The van der Waals surface area contributed by atoms with Gasteiger partial charge in [0.15, 0.2) is 0 Å². The number of hydrogen-bond acceptors (Lipinski definition) is 6. The Morgan fingerprint density at radius 2 is 2.00 bits per heavy atom. The first-order chi connectivity index (χ1) is 14.3. The number of anilines is 1. The highest BCUT2D eigenvalue weighted by Crippen LogP contribution is 2.38. The zero-order valence-electron chi connectivity index (χ0n) is 15.9. The lowest BCUT2D eigenvalue weighted by molar-refractivity contribution is -0.138. The maximum atomic E-state index is 13.5. The first-order valence-corrected chi connectivity index (χ1v) is 10.8. The Bertz CT molecular complexity index is 1030. The zero-order valence-corrected chi connectivity index (χ0v) is 17.5. The molecule has 30 heavy (non-hydrogen) atoms. The number of rotatable bonds is 7. The molecule has 0 saturated heterocycles.